The quantitative estimate of drug-likeness (QED) is 0.740. The molecule has 0 fully saturated rings. The zero-order valence-electron chi connectivity index (χ0n) is 10.7. The van der Waals surface area contributed by atoms with Crippen LogP contribution in [0.1, 0.15) is 11.1 Å². The van der Waals surface area contributed by atoms with Crippen LogP contribution in [-0.2, 0) is 24.0 Å². The Kier molecular flexibility index (Phi) is 5.43. The van der Waals surface area contributed by atoms with E-state index in [-0.39, 0.29) is 6.42 Å². The van der Waals surface area contributed by atoms with Crippen molar-refractivity contribution in [2.45, 2.75) is 18.3 Å². The molecule has 1 nitrogen and oxygen atoms in total. The lowest BCUT2D eigenvalue weighted by atomic mass is 10.2. The first-order chi connectivity index (χ1) is 9.25. The Morgan fingerprint density at radius 3 is 2.00 bits per heavy atom. The minimum atomic E-state index is -1.43. The molecule has 0 bridgehead atoms. The fourth-order valence-electron chi connectivity index (χ4n) is 1.88. The van der Waals surface area contributed by atoms with Gasteiger partial charge in [0.15, 0.2) is 0 Å². The molecule has 2 aromatic carbocycles. The minimum absolute atomic E-state index is 0.224. The summed E-state index contributed by atoms with van der Waals surface area (Å²) in [7, 11) is 0. The first-order valence-electron chi connectivity index (χ1n) is 6.35. The summed E-state index contributed by atoms with van der Waals surface area (Å²) in [5.74, 6) is 0.373. The van der Waals surface area contributed by atoms with Gasteiger partial charge in [-0.15, -0.1) is 0 Å². The third-order valence-corrected chi connectivity index (χ3v) is 4.30. The maximum absolute atomic E-state index is 13.9. The second kappa shape index (κ2) is 7.31. The van der Waals surface area contributed by atoms with Gasteiger partial charge in [-0.05, 0) is 22.3 Å². The van der Waals surface area contributed by atoms with Crippen molar-refractivity contribution in [3.63, 3.8) is 0 Å². The van der Waals surface area contributed by atoms with E-state index in [0.29, 0.717) is 12.2 Å². The van der Waals surface area contributed by atoms with Crippen molar-refractivity contribution in [1.82, 2.24) is 0 Å². The van der Waals surface area contributed by atoms with E-state index in [1.807, 2.05) is 60.7 Å². The standard InChI is InChI=1S/C16H17FOS/c17-16(13-15-9-5-2-6-10-15)19(18)12-11-14-7-3-1-4-8-14/h1-10,16H,11-13H2. The zero-order chi connectivity index (χ0) is 13.5. The van der Waals surface area contributed by atoms with E-state index in [1.165, 1.54) is 0 Å². The summed E-state index contributed by atoms with van der Waals surface area (Å²) in [4.78, 5) is 0. The number of aryl methyl sites for hydroxylation is 1. The van der Waals surface area contributed by atoms with Crippen LogP contribution in [0.4, 0.5) is 4.39 Å². The Labute approximate surface area is 116 Å². The molecule has 0 aliphatic heterocycles. The van der Waals surface area contributed by atoms with Gasteiger partial charge in [0.2, 0.25) is 0 Å². The van der Waals surface area contributed by atoms with E-state index >= 15 is 0 Å². The lowest BCUT2D eigenvalue weighted by molar-refractivity contribution is 0.416. The van der Waals surface area contributed by atoms with Crippen molar-refractivity contribution in [3.8, 4) is 0 Å². The Balaban J connectivity index is 1.81. The number of hydrogen-bond acceptors (Lipinski definition) is 1. The van der Waals surface area contributed by atoms with Crippen molar-refractivity contribution in [3.05, 3.63) is 71.8 Å². The predicted molar refractivity (Wildman–Crippen MR) is 78.2 cm³/mol. The van der Waals surface area contributed by atoms with E-state index in [1.54, 1.807) is 0 Å². The second-order valence-corrected chi connectivity index (χ2v) is 6.10. The van der Waals surface area contributed by atoms with E-state index < -0.39 is 16.7 Å². The molecule has 0 radical (unpaired) electrons. The number of alkyl halides is 1. The maximum atomic E-state index is 13.9. The highest BCUT2D eigenvalue weighted by Gasteiger charge is 2.21. The van der Waals surface area contributed by atoms with Gasteiger partial charge in [-0.25, -0.2) is 0 Å². The lowest BCUT2D eigenvalue weighted by Crippen LogP contribution is -2.23. The molecule has 100 valence electrons. The third kappa shape index (κ3) is 4.69. The number of benzene rings is 2. The molecule has 0 saturated carbocycles. The molecular formula is C16H17FOS. The molecule has 0 heterocycles. The van der Waals surface area contributed by atoms with Crippen LogP contribution in [0, 0.1) is 0 Å². The summed E-state index contributed by atoms with van der Waals surface area (Å²) in [6.45, 7) is 0. The van der Waals surface area contributed by atoms with Gasteiger partial charge < -0.3 is 4.55 Å². The Morgan fingerprint density at radius 1 is 0.895 bits per heavy atom. The van der Waals surface area contributed by atoms with Gasteiger partial charge in [0, 0.05) is 6.42 Å². The van der Waals surface area contributed by atoms with Crippen molar-refractivity contribution in [2.75, 3.05) is 5.75 Å². The summed E-state index contributed by atoms with van der Waals surface area (Å²) in [5, 5.41) is 0. The topological polar surface area (TPSA) is 23.1 Å². The number of halogens is 1. The monoisotopic (exact) mass is 276 g/mol. The average molecular weight is 276 g/mol. The largest absolute Gasteiger partial charge is 0.614 e. The van der Waals surface area contributed by atoms with E-state index in [4.69, 9.17) is 0 Å². The third-order valence-electron chi connectivity index (χ3n) is 2.96. The predicted octanol–water partition coefficient (Wildman–Crippen LogP) is 3.52. The summed E-state index contributed by atoms with van der Waals surface area (Å²) >= 11 is -1.43. The van der Waals surface area contributed by atoms with Gasteiger partial charge in [-0.3, -0.25) is 0 Å². The van der Waals surface area contributed by atoms with Crippen LogP contribution < -0.4 is 0 Å². The van der Waals surface area contributed by atoms with Crippen molar-refractivity contribution in [1.29, 1.82) is 0 Å². The fraction of sp³-hybridized carbons (Fsp3) is 0.250. The van der Waals surface area contributed by atoms with Crippen molar-refractivity contribution >= 4 is 11.2 Å². The highest BCUT2D eigenvalue weighted by molar-refractivity contribution is 7.91. The van der Waals surface area contributed by atoms with Crippen LogP contribution in [0.3, 0.4) is 0 Å². The summed E-state index contributed by atoms with van der Waals surface area (Å²) < 4.78 is 25.7. The van der Waals surface area contributed by atoms with Crippen LogP contribution in [0.25, 0.3) is 0 Å². The molecule has 2 aromatic rings. The highest BCUT2D eigenvalue weighted by Crippen LogP contribution is 2.14. The summed E-state index contributed by atoms with van der Waals surface area (Å²) in [5.41, 5.74) is 0.705. The van der Waals surface area contributed by atoms with Crippen LogP contribution in [0.5, 0.6) is 0 Å². The Hall–Kier alpha value is -1.32. The summed E-state index contributed by atoms with van der Waals surface area (Å²) in [6, 6.07) is 19.1. The fourth-order valence-corrected chi connectivity index (χ4v) is 2.95. The van der Waals surface area contributed by atoms with Crippen LogP contribution in [0.2, 0.25) is 0 Å². The molecule has 2 rings (SSSR count). The zero-order valence-corrected chi connectivity index (χ0v) is 11.5. The molecule has 0 saturated heterocycles. The smallest absolute Gasteiger partial charge is 0.256 e. The van der Waals surface area contributed by atoms with E-state index in [2.05, 4.69) is 0 Å². The van der Waals surface area contributed by atoms with Crippen molar-refractivity contribution in [2.24, 2.45) is 0 Å². The van der Waals surface area contributed by atoms with Crippen molar-refractivity contribution < 1.29 is 8.94 Å². The lowest BCUT2D eigenvalue weighted by Gasteiger charge is -2.15. The molecule has 0 N–H and O–H groups in total. The Morgan fingerprint density at radius 2 is 1.42 bits per heavy atom. The van der Waals surface area contributed by atoms with E-state index in [0.717, 1.165) is 11.1 Å². The van der Waals surface area contributed by atoms with Gasteiger partial charge in [-0.2, -0.15) is 4.39 Å². The number of hydrogen-bond donors (Lipinski definition) is 0. The van der Waals surface area contributed by atoms with Crippen LogP contribution in [0.15, 0.2) is 60.7 Å². The molecule has 0 aliphatic carbocycles. The normalized spacial score (nSPS) is 14.0. The van der Waals surface area contributed by atoms with Crippen LogP contribution in [-0.4, -0.2) is 15.8 Å². The molecule has 3 heteroatoms. The maximum Gasteiger partial charge on any atom is 0.256 e. The average Bonchev–Trinajstić information content (AvgIpc) is 2.47. The SMILES string of the molecule is [O-][S+](CCc1ccccc1)C(F)Cc1ccccc1. The molecular weight excluding hydrogens is 259 g/mol. The first-order valence-corrected chi connectivity index (χ1v) is 7.73. The van der Waals surface area contributed by atoms with Gasteiger partial charge in [0.25, 0.3) is 5.50 Å². The van der Waals surface area contributed by atoms with E-state index in [9.17, 15) is 8.94 Å². The van der Waals surface area contributed by atoms with Crippen LogP contribution >= 0.6 is 0 Å². The number of rotatable bonds is 6. The minimum Gasteiger partial charge on any atom is -0.614 e. The highest BCUT2D eigenvalue weighted by atomic mass is 32.2. The van der Waals surface area contributed by atoms with Gasteiger partial charge in [-0.1, -0.05) is 60.7 Å². The van der Waals surface area contributed by atoms with Gasteiger partial charge >= 0.3 is 0 Å². The van der Waals surface area contributed by atoms with Gasteiger partial charge in [0.1, 0.15) is 5.75 Å². The molecule has 0 amide bonds. The van der Waals surface area contributed by atoms with Gasteiger partial charge in [0.05, 0.1) is 6.42 Å². The Bertz CT molecular complexity index is 475. The summed E-state index contributed by atoms with van der Waals surface area (Å²) in [6.07, 6.45) is 0.880. The molecule has 2 atom stereocenters. The molecule has 0 aliphatic rings. The molecule has 0 spiro atoms. The molecule has 0 aromatic heterocycles. The molecule has 19 heavy (non-hydrogen) atoms. The second-order valence-electron chi connectivity index (χ2n) is 4.42. The molecule has 2 unspecified atom stereocenters. The first kappa shape index (κ1) is 14.1.